The average molecular weight is 490 g/mol. The van der Waals surface area contributed by atoms with Gasteiger partial charge in [0.05, 0.1) is 12.0 Å². The van der Waals surface area contributed by atoms with Gasteiger partial charge in [-0.1, -0.05) is 36.4 Å². The lowest BCUT2D eigenvalue weighted by atomic mass is 9.76. The molecule has 180 valence electrons. The maximum Gasteiger partial charge on any atom is 0.340 e. The zero-order valence-electron chi connectivity index (χ0n) is 19.2. The number of phenolic OH excluding ortho intramolecular Hbond substituents is 2. The Morgan fingerprint density at radius 1 is 0.730 bits per heavy atom. The van der Waals surface area contributed by atoms with Crippen LogP contribution < -0.4 is 4.74 Å². The number of carboxylic acids is 1. The number of esters is 1. The molecule has 0 radical (unpaired) electrons. The molecule has 0 unspecified atom stereocenters. The van der Waals surface area contributed by atoms with Crippen LogP contribution in [0.15, 0.2) is 78.9 Å². The van der Waals surface area contributed by atoms with Crippen LogP contribution in [0.1, 0.15) is 32.6 Å². The van der Waals surface area contributed by atoms with Crippen molar-refractivity contribution in [3.8, 4) is 23.0 Å². The first-order chi connectivity index (χ1) is 17.8. The molecule has 0 atom stereocenters. The Kier molecular flexibility index (Phi) is 4.16. The second-order valence-electron chi connectivity index (χ2n) is 9.32. The van der Waals surface area contributed by atoms with E-state index in [2.05, 4.69) is 0 Å². The Labute approximate surface area is 209 Å². The average Bonchev–Trinajstić information content (AvgIpc) is 3.15. The lowest BCUT2D eigenvalue weighted by Gasteiger charge is -2.37. The number of carbonyl (C=O) groups excluding carboxylic acids is 1. The third kappa shape index (κ3) is 2.88. The van der Waals surface area contributed by atoms with Crippen LogP contribution >= 0.6 is 0 Å². The first-order valence-corrected chi connectivity index (χ1v) is 11.6. The molecule has 5 aromatic carbocycles. The summed E-state index contributed by atoms with van der Waals surface area (Å²) in [5.74, 6) is -0.614. The van der Waals surface area contributed by atoms with E-state index in [-0.39, 0.29) is 23.5 Å². The topological polar surface area (TPSA) is 113 Å². The number of benzene rings is 5. The highest BCUT2D eigenvalue weighted by molar-refractivity contribution is 6.01. The molecule has 2 aliphatic heterocycles. The zero-order chi connectivity index (χ0) is 25.5. The highest BCUT2D eigenvalue weighted by atomic mass is 16.6. The Morgan fingerprint density at radius 2 is 1.27 bits per heavy atom. The van der Waals surface area contributed by atoms with Gasteiger partial charge in [-0.05, 0) is 58.8 Å². The first-order valence-electron chi connectivity index (χ1n) is 11.6. The summed E-state index contributed by atoms with van der Waals surface area (Å²) in [4.78, 5) is 24.6. The van der Waals surface area contributed by atoms with Gasteiger partial charge in [-0.25, -0.2) is 4.79 Å². The molecule has 3 N–H and O–H groups in total. The molecule has 0 amide bonds. The molecular formula is C30H18O7. The summed E-state index contributed by atoms with van der Waals surface area (Å²) in [6.07, 6.45) is -0.225. The van der Waals surface area contributed by atoms with Crippen LogP contribution in [-0.4, -0.2) is 27.3 Å². The van der Waals surface area contributed by atoms with Crippen LogP contribution in [0, 0.1) is 0 Å². The molecule has 0 saturated carbocycles. The number of aromatic hydroxyl groups is 2. The number of fused-ring (bicyclic) bond motifs is 10. The van der Waals surface area contributed by atoms with E-state index < -0.39 is 17.5 Å². The van der Waals surface area contributed by atoms with E-state index in [1.165, 1.54) is 0 Å². The number of aliphatic carboxylic acids is 1. The van der Waals surface area contributed by atoms with Crippen LogP contribution in [-0.2, 0) is 21.6 Å². The van der Waals surface area contributed by atoms with Crippen LogP contribution in [0.5, 0.6) is 23.0 Å². The van der Waals surface area contributed by atoms with E-state index in [0.29, 0.717) is 44.5 Å². The number of hydrogen-bond acceptors (Lipinski definition) is 6. The number of ether oxygens (including phenoxy) is 2. The Bertz CT molecular complexity index is 1740. The van der Waals surface area contributed by atoms with Crippen molar-refractivity contribution < 1.29 is 34.4 Å². The molecule has 0 aromatic heterocycles. The number of rotatable bonds is 2. The van der Waals surface area contributed by atoms with E-state index in [9.17, 15) is 24.9 Å². The molecule has 5 aromatic rings. The molecule has 0 bridgehead atoms. The first kappa shape index (κ1) is 21.3. The van der Waals surface area contributed by atoms with Crippen molar-refractivity contribution in [3.05, 3.63) is 107 Å². The van der Waals surface area contributed by atoms with Crippen LogP contribution in [0.2, 0.25) is 0 Å². The van der Waals surface area contributed by atoms with Gasteiger partial charge in [0.15, 0.2) is 5.60 Å². The second-order valence-corrected chi connectivity index (χ2v) is 9.32. The van der Waals surface area contributed by atoms with E-state index in [1.54, 1.807) is 54.6 Å². The van der Waals surface area contributed by atoms with Crippen LogP contribution in [0.3, 0.4) is 0 Å². The molecule has 7 heteroatoms. The summed E-state index contributed by atoms with van der Waals surface area (Å²) in [6.45, 7) is 0. The van der Waals surface area contributed by atoms with Gasteiger partial charge >= 0.3 is 11.9 Å². The van der Waals surface area contributed by atoms with Gasteiger partial charge in [-0.15, -0.1) is 0 Å². The molecule has 0 aliphatic carbocycles. The van der Waals surface area contributed by atoms with Crippen molar-refractivity contribution in [2.45, 2.75) is 12.0 Å². The van der Waals surface area contributed by atoms with Crippen molar-refractivity contribution >= 4 is 33.5 Å². The monoisotopic (exact) mass is 490 g/mol. The number of carboxylic acid groups (broad SMARTS) is 1. The normalized spacial score (nSPS) is 14.6. The van der Waals surface area contributed by atoms with Crippen molar-refractivity contribution in [2.24, 2.45) is 0 Å². The molecule has 0 saturated heterocycles. The van der Waals surface area contributed by atoms with Gasteiger partial charge in [-0.3, -0.25) is 4.79 Å². The third-order valence-corrected chi connectivity index (χ3v) is 7.16. The zero-order valence-corrected chi connectivity index (χ0v) is 19.2. The summed E-state index contributed by atoms with van der Waals surface area (Å²) in [5.41, 5.74) is 1.11. The lowest BCUT2D eigenvalue weighted by molar-refractivity contribution is -0.136. The molecule has 2 aliphatic rings. The van der Waals surface area contributed by atoms with Crippen molar-refractivity contribution in [1.82, 2.24) is 0 Å². The predicted molar refractivity (Wildman–Crippen MR) is 134 cm³/mol. The largest absolute Gasteiger partial charge is 0.508 e. The minimum absolute atomic E-state index is 0.0574. The highest BCUT2D eigenvalue weighted by Gasteiger charge is 2.54. The van der Waals surface area contributed by atoms with Gasteiger partial charge in [0.1, 0.15) is 23.0 Å². The van der Waals surface area contributed by atoms with Crippen molar-refractivity contribution in [1.29, 1.82) is 0 Å². The van der Waals surface area contributed by atoms with Crippen LogP contribution in [0.4, 0.5) is 0 Å². The smallest absolute Gasteiger partial charge is 0.340 e. The molecule has 1 spiro atoms. The fourth-order valence-electron chi connectivity index (χ4n) is 5.58. The lowest BCUT2D eigenvalue weighted by Crippen LogP contribution is -2.33. The summed E-state index contributed by atoms with van der Waals surface area (Å²) in [5, 5.41) is 32.7. The van der Waals surface area contributed by atoms with E-state index in [4.69, 9.17) is 9.47 Å². The van der Waals surface area contributed by atoms with Crippen LogP contribution in [0.25, 0.3) is 21.5 Å². The summed E-state index contributed by atoms with van der Waals surface area (Å²) < 4.78 is 12.8. The number of hydrogen-bond donors (Lipinski definition) is 3. The molecule has 7 nitrogen and oxygen atoms in total. The highest BCUT2D eigenvalue weighted by Crippen LogP contribution is 2.59. The molecule has 7 rings (SSSR count). The van der Waals surface area contributed by atoms with Gasteiger partial charge in [0.2, 0.25) is 0 Å². The molecular weight excluding hydrogens is 472 g/mol. The van der Waals surface area contributed by atoms with Gasteiger partial charge < -0.3 is 24.8 Å². The van der Waals surface area contributed by atoms with Gasteiger partial charge in [0.25, 0.3) is 0 Å². The van der Waals surface area contributed by atoms with Crippen molar-refractivity contribution in [3.63, 3.8) is 0 Å². The summed E-state index contributed by atoms with van der Waals surface area (Å²) in [6, 6.07) is 22.4. The van der Waals surface area contributed by atoms with E-state index in [1.807, 2.05) is 24.3 Å². The Morgan fingerprint density at radius 3 is 1.84 bits per heavy atom. The van der Waals surface area contributed by atoms with Gasteiger partial charge in [-0.2, -0.15) is 0 Å². The quantitative estimate of drug-likeness (QED) is 0.276. The maximum atomic E-state index is 13.3. The number of carbonyl (C=O) groups is 2. The standard InChI is InChI=1S/C30H18O7/c31-18-6-2-16-4-9-24-27(20(16)13-18)36-28-21-14-19(32)7-3-17(21)5-10-25(28)30(24)23-8-1-15(12-26(33)34)11-22(23)29(35)37-30/h1-11,13-14,31-32H,12H2,(H,33,34). The minimum atomic E-state index is -1.38. The Hall–Kier alpha value is -5.04. The maximum absolute atomic E-state index is 13.3. The fourth-order valence-corrected chi connectivity index (χ4v) is 5.58. The Balaban J connectivity index is 1.61. The number of phenols is 2. The minimum Gasteiger partial charge on any atom is -0.508 e. The fraction of sp³-hybridized carbons (Fsp3) is 0.0667. The van der Waals surface area contributed by atoms with Gasteiger partial charge in [0, 0.05) is 27.5 Å². The molecule has 37 heavy (non-hydrogen) atoms. The predicted octanol–water partition coefficient (Wildman–Crippen LogP) is 5.60. The van der Waals surface area contributed by atoms with E-state index >= 15 is 0 Å². The summed E-state index contributed by atoms with van der Waals surface area (Å²) >= 11 is 0. The third-order valence-electron chi connectivity index (χ3n) is 7.16. The SMILES string of the molecule is O=C(O)Cc1ccc2c(c1)C(=O)OC21c2ccc3ccc(O)cc3c2Oc2c1ccc1ccc(O)cc21. The van der Waals surface area contributed by atoms with Crippen molar-refractivity contribution in [2.75, 3.05) is 0 Å². The van der Waals surface area contributed by atoms with E-state index in [0.717, 1.165) is 10.8 Å². The summed E-state index contributed by atoms with van der Waals surface area (Å²) in [7, 11) is 0. The molecule has 0 fully saturated rings. The second kappa shape index (κ2) is 7.24. The molecule has 2 heterocycles.